The van der Waals surface area contributed by atoms with Crippen molar-refractivity contribution >= 4 is 11.8 Å². The molecule has 0 saturated carbocycles. The van der Waals surface area contributed by atoms with Crippen LogP contribution in [-0.2, 0) is 20.9 Å². The van der Waals surface area contributed by atoms with Crippen LogP contribution in [0.3, 0.4) is 0 Å². The van der Waals surface area contributed by atoms with Crippen LogP contribution in [0.1, 0.15) is 18.4 Å². The fourth-order valence-corrected chi connectivity index (χ4v) is 3.70. The Morgan fingerprint density at radius 1 is 1.04 bits per heavy atom. The van der Waals surface area contributed by atoms with Crippen molar-refractivity contribution in [2.75, 3.05) is 53.0 Å². The highest BCUT2D eigenvalue weighted by Crippen LogP contribution is 2.20. The van der Waals surface area contributed by atoms with Gasteiger partial charge in [0.05, 0.1) is 19.8 Å². The van der Waals surface area contributed by atoms with Gasteiger partial charge in [-0.15, -0.1) is 0 Å². The summed E-state index contributed by atoms with van der Waals surface area (Å²) in [5, 5.41) is 0. The monoisotopic (exact) mass is 359 g/mol. The Morgan fingerprint density at radius 3 is 2.35 bits per heavy atom. The van der Waals surface area contributed by atoms with E-state index in [1.165, 1.54) is 5.56 Å². The Bertz CT molecular complexity index is 594. The Hall–Kier alpha value is -1.92. The number of carbonyl (C=O) groups excluding carboxylic acids is 2. The minimum absolute atomic E-state index is 0.0548. The molecule has 0 aromatic heterocycles. The lowest BCUT2D eigenvalue weighted by atomic mass is 9.95. The molecular formula is C20H29N3O3. The first-order chi connectivity index (χ1) is 12.6. The molecule has 6 heteroatoms. The van der Waals surface area contributed by atoms with E-state index in [1.807, 2.05) is 39.9 Å². The Morgan fingerprint density at radius 2 is 1.69 bits per heavy atom. The smallest absolute Gasteiger partial charge is 0.236 e. The van der Waals surface area contributed by atoms with Crippen molar-refractivity contribution in [2.24, 2.45) is 5.92 Å². The fourth-order valence-electron chi connectivity index (χ4n) is 3.70. The zero-order chi connectivity index (χ0) is 18.4. The van der Waals surface area contributed by atoms with E-state index in [2.05, 4.69) is 12.1 Å². The molecule has 26 heavy (non-hydrogen) atoms. The van der Waals surface area contributed by atoms with E-state index < -0.39 is 0 Å². The van der Waals surface area contributed by atoms with Crippen LogP contribution in [0.25, 0.3) is 0 Å². The third-order valence-corrected chi connectivity index (χ3v) is 5.22. The van der Waals surface area contributed by atoms with Gasteiger partial charge in [0.25, 0.3) is 0 Å². The van der Waals surface area contributed by atoms with Gasteiger partial charge in [0.1, 0.15) is 0 Å². The maximum Gasteiger partial charge on any atom is 0.236 e. The number of nitrogens with zero attached hydrogens (tertiary/aromatic N) is 3. The standard InChI is InChI=1S/C20H29N3O3/c1-21(15-17-5-3-2-4-6-17)16-19(24)22-9-7-18(8-10-22)20(25)23-11-13-26-14-12-23/h2-6,18H,7-16H2,1H3. The van der Waals surface area contributed by atoms with Gasteiger partial charge in [-0.1, -0.05) is 30.3 Å². The van der Waals surface area contributed by atoms with Crippen LogP contribution in [0.2, 0.25) is 0 Å². The van der Waals surface area contributed by atoms with Gasteiger partial charge in [0.2, 0.25) is 11.8 Å². The largest absolute Gasteiger partial charge is 0.378 e. The van der Waals surface area contributed by atoms with E-state index >= 15 is 0 Å². The predicted octanol–water partition coefficient (Wildman–Crippen LogP) is 1.22. The van der Waals surface area contributed by atoms with Gasteiger partial charge in [0.15, 0.2) is 0 Å². The molecule has 0 bridgehead atoms. The fraction of sp³-hybridized carbons (Fsp3) is 0.600. The number of hydrogen-bond donors (Lipinski definition) is 0. The summed E-state index contributed by atoms with van der Waals surface area (Å²) >= 11 is 0. The summed E-state index contributed by atoms with van der Waals surface area (Å²) in [6.45, 7) is 5.20. The quantitative estimate of drug-likeness (QED) is 0.793. The van der Waals surface area contributed by atoms with Gasteiger partial charge in [-0.25, -0.2) is 0 Å². The van der Waals surface area contributed by atoms with Crippen molar-refractivity contribution in [3.05, 3.63) is 35.9 Å². The summed E-state index contributed by atoms with van der Waals surface area (Å²) < 4.78 is 5.31. The number of morpholine rings is 1. The second kappa shape index (κ2) is 9.14. The summed E-state index contributed by atoms with van der Waals surface area (Å²) in [6.07, 6.45) is 1.54. The molecule has 2 heterocycles. The number of likely N-dealkylation sites (N-methyl/N-ethyl adjacent to an activating group) is 1. The molecule has 2 amide bonds. The van der Waals surface area contributed by atoms with Gasteiger partial charge in [-0.05, 0) is 25.5 Å². The first kappa shape index (κ1) is 18.9. The van der Waals surface area contributed by atoms with Crippen molar-refractivity contribution in [1.29, 1.82) is 0 Å². The highest BCUT2D eigenvalue weighted by molar-refractivity contribution is 5.81. The summed E-state index contributed by atoms with van der Waals surface area (Å²) in [7, 11) is 1.97. The first-order valence-corrected chi connectivity index (χ1v) is 9.50. The molecule has 2 aliphatic rings. The van der Waals surface area contributed by atoms with E-state index in [4.69, 9.17) is 4.74 Å². The van der Waals surface area contributed by atoms with Crippen molar-refractivity contribution in [1.82, 2.24) is 14.7 Å². The molecule has 0 N–H and O–H groups in total. The van der Waals surface area contributed by atoms with Crippen LogP contribution in [-0.4, -0.2) is 79.5 Å². The summed E-state index contributed by atoms with van der Waals surface area (Å²) in [6, 6.07) is 10.2. The molecule has 0 aliphatic carbocycles. The number of amides is 2. The lowest BCUT2D eigenvalue weighted by molar-refractivity contribution is -0.144. The van der Waals surface area contributed by atoms with Crippen LogP contribution in [0.15, 0.2) is 30.3 Å². The van der Waals surface area contributed by atoms with Crippen molar-refractivity contribution in [3.63, 3.8) is 0 Å². The van der Waals surface area contributed by atoms with Gasteiger partial charge in [-0.2, -0.15) is 0 Å². The van der Waals surface area contributed by atoms with Crippen LogP contribution < -0.4 is 0 Å². The molecule has 142 valence electrons. The van der Waals surface area contributed by atoms with Crippen molar-refractivity contribution < 1.29 is 14.3 Å². The minimum Gasteiger partial charge on any atom is -0.378 e. The molecule has 3 rings (SSSR count). The average Bonchev–Trinajstić information content (AvgIpc) is 2.69. The molecule has 2 aliphatic heterocycles. The normalized spacial score (nSPS) is 19.0. The SMILES string of the molecule is CN(CC(=O)N1CCC(C(=O)N2CCOCC2)CC1)Cc1ccccc1. The molecule has 1 aromatic carbocycles. The highest BCUT2D eigenvalue weighted by atomic mass is 16.5. The van der Waals surface area contributed by atoms with E-state index in [-0.39, 0.29) is 17.7 Å². The van der Waals surface area contributed by atoms with Crippen LogP contribution >= 0.6 is 0 Å². The maximum absolute atomic E-state index is 12.6. The number of rotatable bonds is 5. The second-order valence-corrected chi connectivity index (χ2v) is 7.25. The molecule has 2 fully saturated rings. The molecule has 0 spiro atoms. The predicted molar refractivity (Wildman–Crippen MR) is 99.5 cm³/mol. The number of ether oxygens (including phenoxy) is 1. The Kier molecular flexibility index (Phi) is 6.63. The van der Waals surface area contributed by atoms with Gasteiger partial charge < -0.3 is 14.5 Å². The Balaban J connectivity index is 1.42. The number of carbonyl (C=O) groups is 2. The van der Waals surface area contributed by atoms with Crippen LogP contribution in [0, 0.1) is 5.92 Å². The second-order valence-electron chi connectivity index (χ2n) is 7.25. The Labute approximate surface area is 155 Å². The molecule has 0 radical (unpaired) electrons. The van der Waals surface area contributed by atoms with Gasteiger partial charge in [0, 0.05) is 38.6 Å². The van der Waals surface area contributed by atoms with Crippen molar-refractivity contribution in [2.45, 2.75) is 19.4 Å². The van der Waals surface area contributed by atoms with E-state index in [9.17, 15) is 9.59 Å². The number of piperidine rings is 1. The lowest BCUT2D eigenvalue weighted by Gasteiger charge is -2.36. The third kappa shape index (κ3) is 5.05. The molecule has 1 aromatic rings. The molecule has 6 nitrogen and oxygen atoms in total. The summed E-state index contributed by atoms with van der Waals surface area (Å²) in [4.78, 5) is 31.0. The van der Waals surface area contributed by atoms with Gasteiger partial charge >= 0.3 is 0 Å². The highest BCUT2D eigenvalue weighted by Gasteiger charge is 2.30. The van der Waals surface area contributed by atoms with E-state index in [0.717, 1.165) is 19.4 Å². The van der Waals surface area contributed by atoms with Crippen LogP contribution in [0.5, 0.6) is 0 Å². The molecule has 0 atom stereocenters. The zero-order valence-electron chi connectivity index (χ0n) is 15.6. The van der Waals surface area contributed by atoms with Crippen LogP contribution in [0.4, 0.5) is 0 Å². The molecule has 2 saturated heterocycles. The first-order valence-electron chi connectivity index (χ1n) is 9.50. The third-order valence-electron chi connectivity index (χ3n) is 5.22. The maximum atomic E-state index is 12.6. The number of benzene rings is 1. The van der Waals surface area contributed by atoms with E-state index in [0.29, 0.717) is 45.9 Å². The van der Waals surface area contributed by atoms with E-state index in [1.54, 1.807) is 0 Å². The molecule has 0 unspecified atom stereocenters. The topological polar surface area (TPSA) is 53.1 Å². The number of hydrogen-bond acceptors (Lipinski definition) is 4. The lowest BCUT2D eigenvalue weighted by Crippen LogP contribution is -2.48. The summed E-state index contributed by atoms with van der Waals surface area (Å²) in [5.74, 6) is 0.446. The average molecular weight is 359 g/mol. The molecular weight excluding hydrogens is 330 g/mol. The van der Waals surface area contributed by atoms with Gasteiger partial charge in [-0.3, -0.25) is 14.5 Å². The zero-order valence-corrected chi connectivity index (χ0v) is 15.6. The minimum atomic E-state index is 0.0548. The number of likely N-dealkylation sites (tertiary alicyclic amines) is 1. The summed E-state index contributed by atoms with van der Waals surface area (Å²) in [5.41, 5.74) is 1.21. The van der Waals surface area contributed by atoms with Crippen molar-refractivity contribution in [3.8, 4) is 0 Å².